The molecule has 0 aromatic heterocycles. The Bertz CT molecular complexity index is 403. The number of methoxy groups -OCH3 is 1. The number of carbonyl (C=O) groups excluding carboxylic acids is 2. The second-order valence-corrected chi connectivity index (χ2v) is 3.29. The molecule has 0 radical (unpaired) electrons. The van der Waals surface area contributed by atoms with E-state index in [9.17, 15) is 9.59 Å². The number of ether oxygens (including phenoxy) is 2. The van der Waals surface area contributed by atoms with Gasteiger partial charge >= 0.3 is 11.9 Å². The molecule has 0 heterocycles. The van der Waals surface area contributed by atoms with Crippen LogP contribution >= 0.6 is 0 Å². The highest BCUT2D eigenvalue weighted by Crippen LogP contribution is 2.22. The van der Waals surface area contributed by atoms with Gasteiger partial charge in [0.2, 0.25) is 0 Å². The molecule has 0 aliphatic carbocycles. The molecule has 17 heavy (non-hydrogen) atoms. The third kappa shape index (κ3) is 3.79. The van der Waals surface area contributed by atoms with Crippen LogP contribution in [0.4, 0.5) is 5.69 Å². The molecule has 1 N–H and O–H groups in total. The number of esters is 1. The van der Waals surface area contributed by atoms with Crippen molar-refractivity contribution in [2.24, 2.45) is 0 Å². The van der Waals surface area contributed by atoms with Crippen molar-refractivity contribution >= 4 is 17.6 Å². The fraction of sp³-hybridized carbons (Fsp3) is 0.333. The summed E-state index contributed by atoms with van der Waals surface area (Å²) in [6.07, 6.45) is 0.674. The minimum Gasteiger partial charge on any atom is -0.495 e. The van der Waals surface area contributed by atoms with Gasteiger partial charge in [0.05, 0.1) is 19.4 Å². The quantitative estimate of drug-likeness (QED) is 0.638. The second-order valence-electron chi connectivity index (χ2n) is 3.29. The lowest BCUT2D eigenvalue weighted by molar-refractivity contribution is -0.152. The maximum absolute atomic E-state index is 11.4. The summed E-state index contributed by atoms with van der Waals surface area (Å²) in [4.78, 5) is 22.7. The van der Waals surface area contributed by atoms with Crippen molar-refractivity contribution in [3.8, 4) is 5.75 Å². The monoisotopic (exact) mass is 237 g/mol. The summed E-state index contributed by atoms with van der Waals surface area (Å²) in [7, 11) is 1.49. The Balaban J connectivity index is 2.64. The van der Waals surface area contributed by atoms with Gasteiger partial charge in [-0.25, -0.2) is 4.79 Å². The van der Waals surface area contributed by atoms with Gasteiger partial charge in [0.1, 0.15) is 5.75 Å². The van der Waals surface area contributed by atoms with E-state index in [1.807, 2.05) is 6.92 Å². The molecule has 0 saturated heterocycles. The van der Waals surface area contributed by atoms with E-state index in [-0.39, 0.29) is 6.61 Å². The highest BCUT2D eigenvalue weighted by molar-refractivity contribution is 6.37. The first kappa shape index (κ1) is 13.0. The molecular formula is C12H15NO4. The smallest absolute Gasteiger partial charge is 0.397 e. The molecule has 1 rings (SSSR count). The maximum Gasteiger partial charge on any atom is 0.397 e. The van der Waals surface area contributed by atoms with Crippen LogP contribution in [-0.4, -0.2) is 25.6 Å². The highest BCUT2D eigenvalue weighted by Gasteiger charge is 2.16. The second kappa shape index (κ2) is 6.52. The van der Waals surface area contributed by atoms with Crippen LogP contribution in [0.15, 0.2) is 24.3 Å². The zero-order valence-corrected chi connectivity index (χ0v) is 9.86. The Kier molecular flexibility index (Phi) is 5.00. The van der Waals surface area contributed by atoms with Crippen LogP contribution in [0, 0.1) is 0 Å². The molecule has 92 valence electrons. The van der Waals surface area contributed by atoms with E-state index < -0.39 is 11.9 Å². The van der Waals surface area contributed by atoms with Gasteiger partial charge in [-0.2, -0.15) is 0 Å². The molecule has 0 aliphatic rings. The Labute approximate surface area is 99.7 Å². The summed E-state index contributed by atoms with van der Waals surface area (Å²) in [5.74, 6) is -1.20. The average Bonchev–Trinajstić information content (AvgIpc) is 2.36. The maximum atomic E-state index is 11.4. The molecule has 0 bridgehead atoms. The van der Waals surface area contributed by atoms with E-state index in [1.54, 1.807) is 24.3 Å². The highest BCUT2D eigenvalue weighted by atomic mass is 16.5. The van der Waals surface area contributed by atoms with Gasteiger partial charge in [-0.05, 0) is 18.6 Å². The van der Waals surface area contributed by atoms with E-state index in [1.165, 1.54) is 7.11 Å². The fourth-order valence-corrected chi connectivity index (χ4v) is 1.18. The largest absolute Gasteiger partial charge is 0.495 e. The minimum atomic E-state index is -0.891. The van der Waals surface area contributed by atoms with Gasteiger partial charge in [0, 0.05) is 0 Å². The van der Waals surface area contributed by atoms with E-state index >= 15 is 0 Å². The SMILES string of the molecule is CCCOC(=O)C(=O)Nc1ccccc1OC. The molecule has 0 aliphatic heterocycles. The number of hydrogen-bond donors (Lipinski definition) is 1. The number of nitrogens with one attached hydrogen (secondary N) is 1. The standard InChI is InChI=1S/C12H15NO4/c1-3-8-17-12(15)11(14)13-9-6-4-5-7-10(9)16-2/h4-7H,3,8H2,1-2H3,(H,13,14). The van der Waals surface area contributed by atoms with Crippen LogP contribution in [0.5, 0.6) is 5.75 Å². The van der Waals surface area contributed by atoms with Crippen molar-refractivity contribution in [2.75, 3.05) is 19.0 Å². The van der Waals surface area contributed by atoms with Crippen molar-refractivity contribution in [1.29, 1.82) is 0 Å². The number of rotatable bonds is 4. The van der Waals surface area contributed by atoms with E-state index in [0.29, 0.717) is 17.9 Å². The molecule has 5 nitrogen and oxygen atoms in total. The third-order valence-electron chi connectivity index (χ3n) is 1.98. The molecule has 5 heteroatoms. The predicted molar refractivity (Wildman–Crippen MR) is 62.9 cm³/mol. The van der Waals surface area contributed by atoms with Crippen LogP contribution in [0.25, 0.3) is 0 Å². The number of amides is 1. The molecule has 1 aromatic carbocycles. The van der Waals surface area contributed by atoms with Crippen molar-refractivity contribution in [3.05, 3.63) is 24.3 Å². The van der Waals surface area contributed by atoms with Gasteiger partial charge in [0.25, 0.3) is 0 Å². The molecule has 0 fully saturated rings. The van der Waals surface area contributed by atoms with Crippen molar-refractivity contribution in [1.82, 2.24) is 0 Å². The molecular weight excluding hydrogens is 222 g/mol. The first-order valence-corrected chi connectivity index (χ1v) is 5.30. The van der Waals surface area contributed by atoms with Gasteiger partial charge in [-0.3, -0.25) is 4.79 Å². The number of anilines is 1. The first-order chi connectivity index (χ1) is 8.19. The zero-order chi connectivity index (χ0) is 12.7. The van der Waals surface area contributed by atoms with Crippen LogP contribution in [0.3, 0.4) is 0 Å². The Morgan fingerprint density at radius 2 is 2.00 bits per heavy atom. The van der Waals surface area contributed by atoms with Crippen molar-refractivity contribution in [2.45, 2.75) is 13.3 Å². The molecule has 1 amide bonds. The Hall–Kier alpha value is -2.04. The number of para-hydroxylation sites is 2. The Morgan fingerprint density at radius 1 is 1.29 bits per heavy atom. The minimum absolute atomic E-state index is 0.234. The van der Waals surface area contributed by atoms with Gasteiger partial charge < -0.3 is 14.8 Å². The van der Waals surface area contributed by atoms with Gasteiger partial charge in [-0.15, -0.1) is 0 Å². The van der Waals surface area contributed by atoms with Crippen LogP contribution in [0.2, 0.25) is 0 Å². The van der Waals surface area contributed by atoms with E-state index in [0.717, 1.165) is 0 Å². The van der Waals surface area contributed by atoms with Crippen LogP contribution in [0.1, 0.15) is 13.3 Å². The fourth-order valence-electron chi connectivity index (χ4n) is 1.18. The number of benzene rings is 1. The molecule has 0 saturated carbocycles. The lowest BCUT2D eigenvalue weighted by Crippen LogP contribution is -2.25. The number of carbonyl (C=O) groups is 2. The molecule has 1 aromatic rings. The topological polar surface area (TPSA) is 64.6 Å². The summed E-state index contributed by atoms with van der Waals surface area (Å²) in [5, 5.41) is 2.43. The molecule has 0 atom stereocenters. The summed E-state index contributed by atoms with van der Waals surface area (Å²) in [6.45, 7) is 2.09. The van der Waals surface area contributed by atoms with Gasteiger partial charge in [0.15, 0.2) is 0 Å². The normalized spacial score (nSPS) is 9.53. The zero-order valence-electron chi connectivity index (χ0n) is 9.86. The van der Waals surface area contributed by atoms with Crippen LogP contribution < -0.4 is 10.1 Å². The van der Waals surface area contributed by atoms with Crippen molar-refractivity contribution < 1.29 is 19.1 Å². The van der Waals surface area contributed by atoms with E-state index in [4.69, 9.17) is 9.47 Å². The van der Waals surface area contributed by atoms with Gasteiger partial charge in [-0.1, -0.05) is 19.1 Å². The molecule has 0 unspecified atom stereocenters. The summed E-state index contributed by atoms with van der Waals surface area (Å²) < 4.78 is 9.75. The first-order valence-electron chi connectivity index (χ1n) is 5.30. The third-order valence-corrected chi connectivity index (χ3v) is 1.98. The lowest BCUT2D eigenvalue weighted by atomic mass is 10.3. The van der Waals surface area contributed by atoms with Crippen molar-refractivity contribution in [3.63, 3.8) is 0 Å². The molecule has 0 spiro atoms. The van der Waals surface area contributed by atoms with E-state index in [2.05, 4.69) is 5.32 Å². The summed E-state index contributed by atoms with van der Waals surface area (Å²) in [6, 6.07) is 6.83. The lowest BCUT2D eigenvalue weighted by Gasteiger charge is -2.09. The number of hydrogen-bond acceptors (Lipinski definition) is 4. The Morgan fingerprint density at radius 3 is 2.65 bits per heavy atom. The summed E-state index contributed by atoms with van der Waals surface area (Å²) in [5.41, 5.74) is 0.438. The predicted octanol–water partition coefficient (Wildman–Crippen LogP) is 1.59. The van der Waals surface area contributed by atoms with Crippen LogP contribution in [-0.2, 0) is 14.3 Å². The summed E-state index contributed by atoms with van der Waals surface area (Å²) >= 11 is 0. The average molecular weight is 237 g/mol.